The SMILES string of the molecule is CNc1cnc(C(=O)Nc2cccc(F)c2)cn1. The van der Waals surface area contributed by atoms with Crippen LogP contribution in [0.1, 0.15) is 10.5 Å². The number of nitrogens with zero attached hydrogens (tertiary/aromatic N) is 2. The Hall–Kier alpha value is -2.50. The molecule has 0 spiro atoms. The summed E-state index contributed by atoms with van der Waals surface area (Å²) in [5, 5.41) is 5.33. The molecular weight excluding hydrogens is 235 g/mol. The van der Waals surface area contributed by atoms with Crippen molar-refractivity contribution in [1.82, 2.24) is 9.97 Å². The first kappa shape index (κ1) is 12.0. The number of benzene rings is 1. The Morgan fingerprint density at radius 2 is 2.11 bits per heavy atom. The van der Waals surface area contributed by atoms with Gasteiger partial charge in [-0.1, -0.05) is 6.07 Å². The third-order valence-corrected chi connectivity index (χ3v) is 2.22. The lowest BCUT2D eigenvalue weighted by Crippen LogP contribution is -2.14. The van der Waals surface area contributed by atoms with E-state index in [4.69, 9.17) is 0 Å². The van der Waals surface area contributed by atoms with Crippen molar-refractivity contribution >= 4 is 17.4 Å². The van der Waals surface area contributed by atoms with Crippen LogP contribution in [0.2, 0.25) is 0 Å². The molecule has 2 rings (SSSR count). The number of anilines is 2. The molecule has 1 aromatic carbocycles. The summed E-state index contributed by atoms with van der Waals surface area (Å²) in [6.45, 7) is 0. The van der Waals surface area contributed by atoms with E-state index in [1.165, 1.54) is 30.6 Å². The predicted molar refractivity (Wildman–Crippen MR) is 65.9 cm³/mol. The topological polar surface area (TPSA) is 66.9 Å². The van der Waals surface area contributed by atoms with E-state index in [1.54, 1.807) is 13.1 Å². The van der Waals surface area contributed by atoms with Gasteiger partial charge in [0.15, 0.2) is 0 Å². The Labute approximate surface area is 103 Å². The first-order valence-corrected chi connectivity index (χ1v) is 5.26. The van der Waals surface area contributed by atoms with Gasteiger partial charge in [-0.3, -0.25) is 4.79 Å². The van der Waals surface area contributed by atoms with Crippen molar-refractivity contribution in [2.75, 3.05) is 17.7 Å². The van der Waals surface area contributed by atoms with E-state index < -0.39 is 11.7 Å². The summed E-state index contributed by atoms with van der Waals surface area (Å²) in [6.07, 6.45) is 2.79. The zero-order valence-electron chi connectivity index (χ0n) is 9.64. The number of halogens is 1. The molecule has 5 nitrogen and oxygen atoms in total. The van der Waals surface area contributed by atoms with Gasteiger partial charge < -0.3 is 10.6 Å². The Balaban J connectivity index is 2.11. The van der Waals surface area contributed by atoms with Gasteiger partial charge in [0.2, 0.25) is 0 Å². The molecular formula is C12H11FN4O. The third-order valence-electron chi connectivity index (χ3n) is 2.22. The van der Waals surface area contributed by atoms with Gasteiger partial charge >= 0.3 is 0 Å². The number of rotatable bonds is 3. The second-order valence-corrected chi connectivity index (χ2v) is 3.50. The smallest absolute Gasteiger partial charge is 0.275 e. The Bertz CT molecular complexity index is 556. The molecule has 0 aliphatic rings. The second kappa shape index (κ2) is 5.22. The highest BCUT2D eigenvalue weighted by Gasteiger charge is 2.08. The Morgan fingerprint density at radius 3 is 2.72 bits per heavy atom. The van der Waals surface area contributed by atoms with Crippen LogP contribution in [0.15, 0.2) is 36.7 Å². The highest BCUT2D eigenvalue weighted by atomic mass is 19.1. The average molecular weight is 246 g/mol. The highest BCUT2D eigenvalue weighted by Crippen LogP contribution is 2.10. The fourth-order valence-electron chi connectivity index (χ4n) is 1.34. The number of amides is 1. The van der Waals surface area contributed by atoms with E-state index >= 15 is 0 Å². The normalized spacial score (nSPS) is 9.89. The number of hydrogen-bond acceptors (Lipinski definition) is 4. The molecule has 0 atom stereocenters. The van der Waals surface area contributed by atoms with E-state index in [9.17, 15) is 9.18 Å². The van der Waals surface area contributed by atoms with Crippen molar-refractivity contribution in [3.63, 3.8) is 0 Å². The fraction of sp³-hybridized carbons (Fsp3) is 0.0833. The van der Waals surface area contributed by atoms with Crippen LogP contribution < -0.4 is 10.6 Å². The monoisotopic (exact) mass is 246 g/mol. The maximum atomic E-state index is 12.9. The molecule has 1 aromatic heterocycles. The molecule has 1 amide bonds. The molecule has 0 unspecified atom stereocenters. The van der Waals surface area contributed by atoms with Gasteiger partial charge in [-0.25, -0.2) is 14.4 Å². The van der Waals surface area contributed by atoms with E-state index in [0.29, 0.717) is 11.5 Å². The first-order chi connectivity index (χ1) is 8.69. The lowest BCUT2D eigenvalue weighted by molar-refractivity contribution is 0.102. The molecule has 0 bridgehead atoms. The van der Waals surface area contributed by atoms with Crippen molar-refractivity contribution in [3.8, 4) is 0 Å². The number of aromatic nitrogens is 2. The van der Waals surface area contributed by atoms with E-state index in [1.807, 2.05) is 0 Å². The summed E-state index contributed by atoms with van der Waals surface area (Å²) in [7, 11) is 1.70. The molecule has 0 aliphatic carbocycles. The largest absolute Gasteiger partial charge is 0.372 e. The van der Waals surface area contributed by atoms with Crippen molar-refractivity contribution in [2.45, 2.75) is 0 Å². The fourth-order valence-corrected chi connectivity index (χ4v) is 1.34. The van der Waals surface area contributed by atoms with Gasteiger partial charge in [0, 0.05) is 12.7 Å². The molecule has 2 N–H and O–H groups in total. The zero-order valence-corrected chi connectivity index (χ0v) is 9.64. The van der Waals surface area contributed by atoms with Crippen molar-refractivity contribution in [2.24, 2.45) is 0 Å². The maximum absolute atomic E-state index is 12.9. The van der Waals surface area contributed by atoms with Gasteiger partial charge in [-0.05, 0) is 18.2 Å². The van der Waals surface area contributed by atoms with Crippen LogP contribution in [-0.2, 0) is 0 Å². The summed E-state index contributed by atoms with van der Waals surface area (Å²) in [6, 6.07) is 5.64. The molecule has 0 radical (unpaired) electrons. The van der Waals surface area contributed by atoms with Crippen LogP contribution in [0.25, 0.3) is 0 Å². The van der Waals surface area contributed by atoms with Crippen LogP contribution in [0.3, 0.4) is 0 Å². The van der Waals surface area contributed by atoms with E-state index in [0.717, 1.165) is 0 Å². The lowest BCUT2D eigenvalue weighted by Gasteiger charge is -2.05. The van der Waals surface area contributed by atoms with Gasteiger partial charge in [0.25, 0.3) is 5.91 Å². The molecule has 2 aromatic rings. The minimum Gasteiger partial charge on any atom is -0.372 e. The van der Waals surface area contributed by atoms with Crippen LogP contribution in [0.4, 0.5) is 15.9 Å². The van der Waals surface area contributed by atoms with E-state index in [2.05, 4.69) is 20.6 Å². The minimum absolute atomic E-state index is 0.165. The van der Waals surface area contributed by atoms with Crippen LogP contribution in [0.5, 0.6) is 0 Å². The molecule has 1 heterocycles. The number of carbonyl (C=O) groups excluding carboxylic acids is 1. The average Bonchev–Trinajstić information content (AvgIpc) is 2.39. The highest BCUT2D eigenvalue weighted by molar-refractivity contribution is 6.02. The Kier molecular flexibility index (Phi) is 3.47. The van der Waals surface area contributed by atoms with E-state index in [-0.39, 0.29) is 5.69 Å². The van der Waals surface area contributed by atoms with Gasteiger partial charge in [-0.15, -0.1) is 0 Å². The molecule has 0 saturated carbocycles. The molecule has 92 valence electrons. The second-order valence-electron chi connectivity index (χ2n) is 3.50. The molecule has 18 heavy (non-hydrogen) atoms. The zero-order chi connectivity index (χ0) is 13.0. The third kappa shape index (κ3) is 2.79. The number of nitrogens with one attached hydrogen (secondary N) is 2. The number of carbonyl (C=O) groups is 1. The minimum atomic E-state index is -0.434. The quantitative estimate of drug-likeness (QED) is 0.868. The molecule has 0 saturated heterocycles. The van der Waals surface area contributed by atoms with Crippen molar-refractivity contribution in [1.29, 1.82) is 0 Å². The standard InChI is InChI=1S/C12H11FN4O/c1-14-11-7-15-10(6-16-11)12(18)17-9-4-2-3-8(13)5-9/h2-7H,1H3,(H,14,16)(H,17,18). The van der Waals surface area contributed by atoms with Crippen LogP contribution in [0, 0.1) is 5.82 Å². The number of hydrogen-bond donors (Lipinski definition) is 2. The first-order valence-electron chi connectivity index (χ1n) is 5.26. The van der Waals surface area contributed by atoms with Gasteiger partial charge in [0.1, 0.15) is 17.3 Å². The summed E-state index contributed by atoms with van der Waals surface area (Å²) in [4.78, 5) is 19.7. The van der Waals surface area contributed by atoms with Crippen LogP contribution >= 0.6 is 0 Å². The van der Waals surface area contributed by atoms with Gasteiger partial charge in [0.05, 0.1) is 12.4 Å². The van der Waals surface area contributed by atoms with Crippen molar-refractivity contribution in [3.05, 3.63) is 48.2 Å². The van der Waals surface area contributed by atoms with Gasteiger partial charge in [-0.2, -0.15) is 0 Å². The summed E-state index contributed by atoms with van der Waals surface area (Å²) in [5.41, 5.74) is 0.540. The lowest BCUT2D eigenvalue weighted by atomic mass is 10.3. The molecule has 0 fully saturated rings. The maximum Gasteiger partial charge on any atom is 0.275 e. The molecule has 0 aliphatic heterocycles. The van der Waals surface area contributed by atoms with Crippen LogP contribution in [-0.4, -0.2) is 22.9 Å². The summed E-state index contributed by atoms with van der Waals surface area (Å²) >= 11 is 0. The predicted octanol–water partition coefficient (Wildman–Crippen LogP) is 1.91. The summed E-state index contributed by atoms with van der Waals surface area (Å²) < 4.78 is 12.9. The molecule has 6 heteroatoms. The van der Waals surface area contributed by atoms with Crippen molar-refractivity contribution < 1.29 is 9.18 Å². The Morgan fingerprint density at radius 1 is 1.28 bits per heavy atom. The summed E-state index contributed by atoms with van der Waals surface area (Å²) in [5.74, 6) is -0.280.